The van der Waals surface area contributed by atoms with E-state index in [1.54, 1.807) is 12.1 Å². The lowest BCUT2D eigenvalue weighted by Gasteiger charge is -2.11. The molecule has 112 valence electrons. The molecule has 1 amide bonds. The van der Waals surface area contributed by atoms with E-state index in [4.69, 9.17) is 10.5 Å². The topological polar surface area (TPSA) is 64.3 Å². The maximum atomic E-state index is 13.8. The van der Waals surface area contributed by atoms with Crippen LogP contribution in [0.2, 0.25) is 0 Å². The van der Waals surface area contributed by atoms with Gasteiger partial charge in [-0.25, -0.2) is 4.39 Å². The first-order valence-corrected chi connectivity index (χ1v) is 7.00. The van der Waals surface area contributed by atoms with Crippen LogP contribution in [-0.4, -0.2) is 25.1 Å². The Kier molecular flexibility index (Phi) is 7.01. The van der Waals surface area contributed by atoms with Crippen LogP contribution in [0.3, 0.4) is 0 Å². The van der Waals surface area contributed by atoms with Gasteiger partial charge < -0.3 is 15.8 Å². The molecule has 1 unspecified atom stereocenters. The molecule has 0 aliphatic carbocycles. The minimum atomic E-state index is -0.464. The summed E-state index contributed by atoms with van der Waals surface area (Å²) in [5.41, 5.74) is 6.66. The minimum absolute atomic E-state index is 0.0287. The molecule has 0 heterocycles. The molecule has 1 rings (SSSR count). The number of carbonyl (C=O) groups is 1. The van der Waals surface area contributed by atoms with Crippen molar-refractivity contribution < 1.29 is 13.9 Å². The molecule has 1 atom stereocenters. The van der Waals surface area contributed by atoms with E-state index in [1.165, 1.54) is 6.07 Å². The molecule has 1 aromatic rings. The highest BCUT2D eigenvalue weighted by molar-refractivity contribution is 5.77. The van der Waals surface area contributed by atoms with Crippen molar-refractivity contribution in [2.75, 3.05) is 13.2 Å². The van der Waals surface area contributed by atoms with Crippen molar-refractivity contribution in [1.29, 1.82) is 0 Å². The van der Waals surface area contributed by atoms with E-state index in [0.29, 0.717) is 13.0 Å². The van der Waals surface area contributed by atoms with E-state index < -0.39 is 5.82 Å². The van der Waals surface area contributed by atoms with Crippen LogP contribution in [-0.2, 0) is 11.2 Å². The fourth-order valence-corrected chi connectivity index (χ4v) is 1.69. The molecule has 0 aliphatic rings. The number of carbonyl (C=O) groups excluding carboxylic acids is 1. The average Bonchev–Trinajstić information content (AvgIpc) is 2.44. The zero-order valence-electron chi connectivity index (χ0n) is 12.1. The van der Waals surface area contributed by atoms with Crippen LogP contribution in [0.1, 0.15) is 32.3 Å². The number of rotatable bonds is 8. The molecule has 0 saturated carbocycles. The Labute approximate surface area is 119 Å². The molecule has 3 N–H and O–H groups in total. The first kappa shape index (κ1) is 16.4. The maximum absolute atomic E-state index is 13.8. The third-order valence-corrected chi connectivity index (χ3v) is 2.95. The van der Waals surface area contributed by atoms with Gasteiger partial charge in [-0.2, -0.15) is 0 Å². The summed E-state index contributed by atoms with van der Waals surface area (Å²) in [6, 6.07) is 4.76. The number of nitrogens with two attached hydrogens (primary N) is 1. The smallest absolute Gasteiger partial charge is 0.257 e. The van der Waals surface area contributed by atoms with Gasteiger partial charge in [-0.15, -0.1) is 0 Å². The number of benzene rings is 1. The van der Waals surface area contributed by atoms with Crippen molar-refractivity contribution in [1.82, 2.24) is 5.32 Å². The summed E-state index contributed by atoms with van der Waals surface area (Å²) in [5.74, 6) is -0.622. The van der Waals surface area contributed by atoms with Crippen LogP contribution < -0.4 is 15.8 Å². The summed E-state index contributed by atoms with van der Waals surface area (Å²) in [7, 11) is 0. The predicted octanol–water partition coefficient (Wildman–Crippen LogP) is 2.01. The van der Waals surface area contributed by atoms with Crippen molar-refractivity contribution in [3.05, 3.63) is 29.6 Å². The Hall–Kier alpha value is -1.62. The second kappa shape index (κ2) is 8.53. The van der Waals surface area contributed by atoms with Gasteiger partial charge >= 0.3 is 0 Å². The number of hydrogen-bond donors (Lipinski definition) is 2. The Morgan fingerprint density at radius 1 is 1.45 bits per heavy atom. The normalized spacial score (nSPS) is 12.0. The SMILES string of the molecule is CCCNC(=O)COc1ccc(CC(N)CC)cc1F. The fourth-order valence-electron chi connectivity index (χ4n) is 1.69. The number of amides is 1. The molecule has 0 bridgehead atoms. The molecule has 0 aromatic heterocycles. The van der Waals surface area contributed by atoms with Crippen molar-refractivity contribution in [2.24, 2.45) is 5.73 Å². The Morgan fingerprint density at radius 3 is 2.80 bits per heavy atom. The van der Waals surface area contributed by atoms with Gasteiger partial charge in [0, 0.05) is 12.6 Å². The first-order valence-electron chi connectivity index (χ1n) is 7.00. The number of halogens is 1. The number of hydrogen-bond acceptors (Lipinski definition) is 3. The second-order valence-electron chi connectivity index (χ2n) is 4.78. The van der Waals surface area contributed by atoms with Crippen molar-refractivity contribution in [3.63, 3.8) is 0 Å². The van der Waals surface area contributed by atoms with Gasteiger partial charge in [-0.05, 0) is 37.0 Å². The van der Waals surface area contributed by atoms with E-state index in [9.17, 15) is 9.18 Å². The third kappa shape index (κ3) is 5.57. The van der Waals surface area contributed by atoms with Gasteiger partial charge in [0.05, 0.1) is 0 Å². The highest BCUT2D eigenvalue weighted by atomic mass is 19.1. The van der Waals surface area contributed by atoms with Crippen LogP contribution in [0, 0.1) is 5.82 Å². The Bertz CT molecular complexity index is 438. The number of nitrogens with one attached hydrogen (secondary N) is 1. The van der Waals surface area contributed by atoms with Gasteiger partial charge in [-0.3, -0.25) is 4.79 Å². The van der Waals surface area contributed by atoms with Crippen LogP contribution in [0.25, 0.3) is 0 Å². The summed E-state index contributed by atoms with van der Waals surface area (Å²) >= 11 is 0. The van der Waals surface area contributed by atoms with Gasteiger partial charge in [-0.1, -0.05) is 19.9 Å². The Morgan fingerprint density at radius 2 is 2.20 bits per heavy atom. The monoisotopic (exact) mass is 282 g/mol. The van der Waals surface area contributed by atoms with Gasteiger partial charge in [0.15, 0.2) is 18.2 Å². The maximum Gasteiger partial charge on any atom is 0.257 e. The zero-order chi connectivity index (χ0) is 15.0. The molecule has 0 spiro atoms. The molecule has 5 heteroatoms. The summed E-state index contributed by atoms with van der Waals surface area (Å²) in [6.45, 7) is 4.37. The van der Waals surface area contributed by atoms with Crippen LogP contribution in [0.15, 0.2) is 18.2 Å². The zero-order valence-corrected chi connectivity index (χ0v) is 12.1. The van der Waals surface area contributed by atoms with Crippen molar-refractivity contribution in [3.8, 4) is 5.75 Å². The molecule has 1 aromatic carbocycles. The van der Waals surface area contributed by atoms with Gasteiger partial charge in [0.2, 0.25) is 0 Å². The predicted molar refractivity (Wildman–Crippen MR) is 77.2 cm³/mol. The van der Waals surface area contributed by atoms with E-state index in [-0.39, 0.29) is 24.3 Å². The second-order valence-corrected chi connectivity index (χ2v) is 4.78. The molecule has 0 saturated heterocycles. The van der Waals surface area contributed by atoms with E-state index in [2.05, 4.69) is 5.32 Å². The molecular formula is C15H23FN2O2. The Balaban J connectivity index is 2.53. The van der Waals surface area contributed by atoms with Crippen LogP contribution in [0.5, 0.6) is 5.75 Å². The van der Waals surface area contributed by atoms with Crippen molar-refractivity contribution in [2.45, 2.75) is 39.2 Å². The van der Waals surface area contributed by atoms with Crippen LogP contribution in [0.4, 0.5) is 4.39 Å². The van der Waals surface area contributed by atoms with Crippen molar-refractivity contribution >= 4 is 5.91 Å². The lowest BCUT2D eigenvalue weighted by Crippen LogP contribution is -2.29. The standard InChI is InChI=1S/C15H23FN2O2/c1-3-7-18-15(19)10-20-14-6-5-11(9-13(14)16)8-12(17)4-2/h5-6,9,12H,3-4,7-8,10,17H2,1-2H3,(H,18,19). The summed E-state index contributed by atoms with van der Waals surface area (Å²) < 4.78 is 19.0. The summed E-state index contributed by atoms with van der Waals surface area (Å²) in [6.07, 6.45) is 2.33. The fraction of sp³-hybridized carbons (Fsp3) is 0.533. The highest BCUT2D eigenvalue weighted by Gasteiger charge is 2.09. The average molecular weight is 282 g/mol. The van der Waals surface area contributed by atoms with E-state index in [1.807, 2.05) is 13.8 Å². The third-order valence-electron chi connectivity index (χ3n) is 2.95. The highest BCUT2D eigenvalue weighted by Crippen LogP contribution is 2.19. The lowest BCUT2D eigenvalue weighted by molar-refractivity contribution is -0.123. The lowest BCUT2D eigenvalue weighted by atomic mass is 10.0. The molecule has 0 aliphatic heterocycles. The quantitative estimate of drug-likeness (QED) is 0.766. The summed E-state index contributed by atoms with van der Waals surface area (Å²) in [4.78, 5) is 11.4. The first-order chi connectivity index (χ1) is 9.56. The van der Waals surface area contributed by atoms with Gasteiger partial charge in [0.1, 0.15) is 0 Å². The molecule has 20 heavy (non-hydrogen) atoms. The molecule has 4 nitrogen and oxygen atoms in total. The molecular weight excluding hydrogens is 259 g/mol. The molecule has 0 fully saturated rings. The van der Waals surface area contributed by atoms with E-state index in [0.717, 1.165) is 18.4 Å². The minimum Gasteiger partial charge on any atom is -0.481 e. The molecule has 0 radical (unpaired) electrons. The number of ether oxygens (including phenoxy) is 1. The summed E-state index contributed by atoms with van der Waals surface area (Å²) in [5, 5.41) is 2.66. The van der Waals surface area contributed by atoms with Gasteiger partial charge in [0.25, 0.3) is 5.91 Å². The largest absolute Gasteiger partial charge is 0.481 e. The van der Waals surface area contributed by atoms with Crippen LogP contribution >= 0.6 is 0 Å². The van der Waals surface area contributed by atoms with E-state index >= 15 is 0 Å².